The van der Waals surface area contributed by atoms with Crippen LogP contribution in [-0.2, 0) is 13.0 Å². The van der Waals surface area contributed by atoms with Crippen molar-refractivity contribution < 1.29 is 9.13 Å². The van der Waals surface area contributed by atoms with Crippen LogP contribution in [0.2, 0.25) is 0 Å². The highest BCUT2D eigenvalue weighted by molar-refractivity contribution is 5.45. The summed E-state index contributed by atoms with van der Waals surface area (Å²) in [5, 5.41) is 3.34. The number of hydrogen-bond acceptors (Lipinski definition) is 2. The Morgan fingerprint density at radius 3 is 2.78 bits per heavy atom. The molecule has 0 saturated carbocycles. The summed E-state index contributed by atoms with van der Waals surface area (Å²) in [6.45, 7) is 9.64. The lowest BCUT2D eigenvalue weighted by Crippen LogP contribution is -2.24. The minimum atomic E-state index is -0.919. The number of fused-ring (bicyclic) bond motifs is 1. The minimum absolute atomic E-state index is 0.137. The summed E-state index contributed by atoms with van der Waals surface area (Å²) < 4.78 is 18.2. The van der Waals surface area contributed by atoms with E-state index in [-0.39, 0.29) is 6.61 Å². The van der Waals surface area contributed by atoms with Gasteiger partial charge in [-0.25, -0.2) is 4.39 Å². The molecule has 1 aliphatic heterocycles. The third-order valence-corrected chi connectivity index (χ3v) is 2.98. The molecule has 1 aromatic rings. The first-order valence-electron chi connectivity index (χ1n) is 6.77. The topological polar surface area (TPSA) is 21.3 Å². The quantitative estimate of drug-likeness (QED) is 0.891. The van der Waals surface area contributed by atoms with Gasteiger partial charge in [0.25, 0.3) is 0 Å². The van der Waals surface area contributed by atoms with Crippen molar-refractivity contribution in [3.8, 4) is 5.75 Å². The van der Waals surface area contributed by atoms with Gasteiger partial charge in [0, 0.05) is 6.54 Å². The van der Waals surface area contributed by atoms with Gasteiger partial charge in [0.1, 0.15) is 18.5 Å². The summed E-state index contributed by atoms with van der Waals surface area (Å²) >= 11 is 0. The molecule has 3 heteroatoms. The van der Waals surface area contributed by atoms with Gasteiger partial charge in [-0.2, -0.15) is 0 Å². The van der Waals surface area contributed by atoms with E-state index in [9.17, 15) is 4.39 Å². The highest BCUT2D eigenvalue weighted by Crippen LogP contribution is 2.27. The van der Waals surface area contributed by atoms with Crippen LogP contribution in [-0.4, -0.2) is 19.3 Å². The van der Waals surface area contributed by atoms with E-state index in [1.165, 1.54) is 23.6 Å². The molecule has 0 amide bonds. The second-order valence-electron chi connectivity index (χ2n) is 4.34. The molecule has 0 fully saturated rings. The molecule has 1 aliphatic rings. The Morgan fingerprint density at radius 2 is 2.11 bits per heavy atom. The molecule has 102 valence electrons. The third-order valence-electron chi connectivity index (χ3n) is 2.98. The van der Waals surface area contributed by atoms with Gasteiger partial charge in [0.15, 0.2) is 0 Å². The largest absolute Gasteiger partial charge is 0.490 e. The van der Waals surface area contributed by atoms with Gasteiger partial charge in [0.2, 0.25) is 0 Å². The first kappa shape index (κ1) is 15.0. The normalized spacial score (nSPS) is 15.2. The van der Waals surface area contributed by atoms with Crippen molar-refractivity contribution in [3.05, 3.63) is 28.8 Å². The molecular formula is C15H24FNO. The molecule has 0 aliphatic carbocycles. The van der Waals surface area contributed by atoms with Crippen LogP contribution in [0.5, 0.6) is 5.75 Å². The van der Waals surface area contributed by atoms with Gasteiger partial charge < -0.3 is 10.1 Å². The number of nitrogens with one attached hydrogen (secondary N) is 1. The Bertz CT molecular complexity index is 377. The van der Waals surface area contributed by atoms with Crippen LogP contribution in [0.15, 0.2) is 12.1 Å². The summed E-state index contributed by atoms with van der Waals surface area (Å²) in [6, 6.07) is 4.02. The van der Waals surface area contributed by atoms with Crippen LogP contribution < -0.4 is 10.1 Å². The van der Waals surface area contributed by atoms with E-state index in [1.54, 1.807) is 0 Å². The van der Waals surface area contributed by atoms with Crippen LogP contribution in [0.1, 0.15) is 37.5 Å². The molecule has 2 rings (SSSR count). The molecule has 0 saturated heterocycles. The fourth-order valence-corrected chi connectivity index (χ4v) is 2.10. The molecule has 18 heavy (non-hydrogen) atoms. The van der Waals surface area contributed by atoms with E-state index >= 15 is 0 Å². The number of ether oxygens (including phenoxy) is 1. The van der Waals surface area contributed by atoms with E-state index in [2.05, 4.69) is 18.3 Å². The molecule has 1 atom stereocenters. The first-order chi connectivity index (χ1) is 8.68. The Morgan fingerprint density at radius 1 is 1.39 bits per heavy atom. The van der Waals surface area contributed by atoms with E-state index < -0.39 is 6.17 Å². The fourth-order valence-electron chi connectivity index (χ4n) is 2.10. The van der Waals surface area contributed by atoms with E-state index in [0.29, 0.717) is 0 Å². The maximum Gasteiger partial charge on any atom is 0.131 e. The molecule has 1 unspecified atom stereocenters. The second-order valence-corrected chi connectivity index (χ2v) is 4.34. The van der Waals surface area contributed by atoms with Gasteiger partial charge in [-0.1, -0.05) is 19.9 Å². The predicted octanol–water partition coefficient (Wildman–Crippen LogP) is 3.40. The number of benzene rings is 1. The maximum atomic E-state index is 12.7. The molecule has 0 bridgehead atoms. The van der Waals surface area contributed by atoms with Crippen LogP contribution >= 0.6 is 0 Å². The van der Waals surface area contributed by atoms with Crippen molar-refractivity contribution in [3.63, 3.8) is 0 Å². The minimum Gasteiger partial charge on any atom is -0.490 e. The summed E-state index contributed by atoms with van der Waals surface area (Å²) in [5.74, 6) is 0.824. The average molecular weight is 253 g/mol. The Kier molecular flexibility index (Phi) is 6.13. The SMILES string of the molecule is CC.Cc1c(OCC(C)F)ccc2c1CCNC2. The van der Waals surface area contributed by atoms with E-state index in [0.717, 1.165) is 25.3 Å². The van der Waals surface area contributed by atoms with Crippen LogP contribution in [0, 0.1) is 6.92 Å². The van der Waals surface area contributed by atoms with Gasteiger partial charge in [0.05, 0.1) is 0 Å². The number of halogens is 1. The van der Waals surface area contributed by atoms with Crippen LogP contribution in [0.25, 0.3) is 0 Å². The van der Waals surface area contributed by atoms with Crippen molar-refractivity contribution in [2.45, 2.75) is 46.8 Å². The van der Waals surface area contributed by atoms with E-state index in [4.69, 9.17) is 4.74 Å². The summed E-state index contributed by atoms with van der Waals surface area (Å²) in [5.41, 5.74) is 3.87. The van der Waals surface area contributed by atoms with Crippen LogP contribution in [0.4, 0.5) is 4.39 Å². The highest BCUT2D eigenvalue weighted by atomic mass is 19.1. The first-order valence-corrected chi connectivity index (χ1v) is 6.77. The molecule has 0 spiro atoms. The van der Waals surface area contributed by atoms with E-state index in [1.807, 2.05) is 19.9 Å². The highest BCUT2D eigenvalue weighted by Gasteiger charge is 2.14. The number of alkyl halides is 1. The Labute approximate surface area is 110 Å². The zero-order valence-electron chi connectivity index (χ0n) is 11.8. The molecule has 1 aromatic carbocycles. The number of rotatable bonds is 3. The summed E-state index contributed by atoms with van der Waals surface area (Å²) in [6.07, 6.45) is 0.112. The second kappa shape index (κ2) is 7.37. The summed E-state index contributed by atoms with van der Waals surface area (Å²) in [7, 11) is 0. The third kappa shape index (κ3) is 3.70. The lowest BCUT2D eigenvalue weighted by Gasteiger charge is -2.21. The zero-order valence-corrected chi connectivity index (χ0v) is 11.8. The smallest absolute Gasteiger partial charge is 0.131 e. The standard InChI is InChI=1S/C13H18FNO.C2H6/c1-9(14)8-16-13-4-3-11-7-15-6-5-12(11)10(13)2;1-2/h3-4,9,15H,5-8H2,1-2H3;1-2H3. The lowest BCUT2D eigenvalue weighted by atomic mass is 9.95. The Hall–Kier alpha value is -1.09. The molecule has 1 N–H and O–H groups in total. The molecule has 1 heterocycles. The monoisotopic (exact) mass is 253 g/mol. The summed E-state index contributed by atoms with van der Waals surface area (Å²) in [4.78, 5) is 0. The number of hydrogen-bond donors (Lipinski definition) is 1. The van der Waals surface area contributed by atoms with Gasteiger partial charge in [-0.3, -0.25) is 0 Å². The molecule has 0 aromatic heterocycles. The maximum absolute atomic E-state index is 12.7. The van der Waals surface area contributed by atoms with Crippen molar-refractivity contribution in [2.24, 2.45) is 0 Å². The molecular weight excluding hydrogens is 229 g/mol. The van der Waals surface area contributed by atoms with Gasteiger partial charge in [-0.15, -0.1) is 0 Å². The van der Waals surface area contributed by atoms with Gasteiger partial charge in [-0.05, 0) is 49.6 Å². The predicted molar refractivity (Wildman–Crippen MR) is 74.0 cm³/mol. The molecule has 2 nitrogen and oxygen atoms in total. The van der Waals surface area contributed by atoms with Crippen molar-refractivity contribution in [1.82, 2.24) is 5.32 Å². The average Bonchev–Trinajstić information content (AvgIpc) is 2.40. The van der Waals surface area contributed by atoms with Gasteiger partial charge >= 0.3 is 0 Å². The van der Waals surface area contributed by atoms with Crippen molar-refractivity contribution in [1.29, 1.82) is 0 Å². The Balaban J connectivity index is 0.000000771. The van der Waals surface area contributed by atoms with Crippen molar-refractivity contribution in [2.75, 3.05) is 13.2 Å². The lowest BCUT2D eigenvalue weighted by molar-refractivity contribution is 0.208. The van der Waals surface area contributed by atoms with Crippen molar-refractivity contribution >= 4 is 0 Å². The zero-order chi connectivity index (χ0) is 13.5. The fraction of sp³-hybridized carbons (Fsp3) is 0.600. The molecule has 0 radical (unpaired) electrons. The van der Waals surface area contributed by atoms with Crippen LogP contribution in [0.3, 0.4) is 0 Å².